The van der Waals surface area contributed by atoms with Gasteiger partial charge >= 0.3 is 0 Å². The highest BCUT2D eigenvalue weighted by atomic mass is 16.2. The summed E-state index contributed by atoms with van der Waals surface area (Å²) in [5.41, 5.74) is 1.22. The van der Waals surface area contributed by atoms with E-state index in [2.05, 4.69) is 22.1 Å². The average Bonchev–Trinajstić information content (AvgIpc) is 3.07. The molecule has 3 heterocycles. The molecule has 0 bridgehead atoms. The van der Waals surface area contributed by atoms with Crippen LogP contribution in [0.4, 0.5) is 0 Å². The average molecular weight is 259 g/mol. The van der Waals surface area contributed by atoms with Crippen LogP contribution in [0.3, 0.4) is 0 Å². The Labute approximate surface area is 114 Å². The lowest BCUT2D eigenvalue weighted by molar-refractivity contribution is -0.136. The molecule has 1 amide bonds. The van der Waals surface area contributed by atoms with Gasteiger partial charge in [0.15, 0.2) is 0 Å². The van der Waals surface area contributed by atoms with Crippen molar-refractivity contribution in [1.82, 2.24) is 15.2 Å². The molecule has 0 aromatic carbocycles. The van der Waals surface area contributed by atoms with Crippen molar-refractivity contribution in [3.63, 3.8) is 0 Å². The van der Waals surface area contributed by atoms with Crippen LogP contribution in [0, 0.1) is 5.92 Å². The molecule has 3 atom stereocenters. The minimum Gasteiger partial charge on any atom is -0.335 e. The van der Waals surface area contributed by atoms with Crippen LogP contribution in [-0.2, 0) is 4.79 Å². The quantitative estimate of drug-likeness (QED) is 0.880. The second kappa shape index (κ2) is 5.29. The van der Waals surface area contributed by atoms with Crippen LogP contribution >= 0.6 is 0 Å². The smallest absolute Gasteiger partial charge is 0.227 e. The zero-order valence-corrected chi connectivity index (χ0v) is 11.4. The van der Waals surface area contributed by atoms with Crippen molar-refractivity contribution in [2.24, 2.45) is 5.92 Å². The number of hydrogen-bond acceptors (Lipinski definition) is 3. The van der Waals surface area contributed by atoms with E-state index >= 15 is 0 Å². The predicted octanol–water partition coefficient (Wildman–Crippen LogP) is 1.74. The van der Waals surface area contributed by atoms with Gasteiger partial charge in [-0.2, -0.15) is 0 Å². The van der Waals surface area contributed by atoms with Gasteiger partial charge in [-0.15, -0.1) is 0 Å². The van der Waals surface area contributed by atoms with Crippen LogP contribution in [0.2, 0.25) is 0 Å². The Kier molecular flexibility index (Phi) is 3.51. The fraction of sp³-hybridized carbons (Fsp3) is 0.600. The van der Waals surface area contributed by atoms with Crippen molar-refractivity contribution >= 4 is 5.91 Å². The molecule has 1 aromatic rings. The Hall–Kier alpha value is -1.42. The lowest BCUT2D eigenvalue weighted by Crippen LogP contribution is -2.39. The number of amides is 1. The lowest BCUT2D eigenvalue weighted by Gasteiger charge is -2.29. The van der Waals surface area contributed by atoms with Gasteiger partial charge in [0.2, 0.25) is 5.91 Å². The van der Waals surface area contributed by atoms with Crippen LogP contribution in [0.15, 0.2) is 24.5 Å². The molecule has 0 spiro atoms. The van der Waals surface area contributed by atoms with E-state index in [1.54, 1.807) is 0 Å². The van der Waals surface area contributed by atoms with E-state index in [-0.39, 0.29) is 12.0 Å². The summed E-state index contributed by atoms with van der Waals surface area (Å²) in [5.74, 6) is 0.485. The van der Waals surface area contributed by atoms with Crippen LogP contribution in [0.1, 0.15) is 37.8 Å². The number of carbonyl (C=O) groups excluding carboxylic acids is 1. The number of likely N-dealkylation sites (tertiary alicyclic amines) is 1. The van der Waals surface area contributed by atoms with Gasteiger partial charge in [-0.25, -0.2) is 0 Å². The van der Waals surface area contributed by atoms with Gasteiger partial charge in [-0.05, 0) is 50.4 Å². The first-order valence-corrected chi connectivity index (χ1v) is 7.21. The summed E-state index contributed by atoms with van der Waals surface area (Å²) >= 11 is 0. The molecular weight excluding hydrogens is 238 g/mol. The number of nitrogens with zero attached hydrogens (tertiary/aromatic N) is 2. The van der Waals surface area contributed by atoms with Crippen LogP contribution in [0.5, 0.6) is 0 Å². The maximum Gasteiger partial charge on any atom is 0.227 e. The number of pyridine rings is 1. The van der Waals surface area contributed by atoms with Crippen molar-refractivity contribution in [3.05, 3.63) is 30.1 Å². The van der Waals surface area contributed by atoms with E-state index in [4.69, 9.17) is 0 Å². The third-order valence-electron chi connectivity index (χ3n) is 4.47. The van der Waals surface area contributed by atoms with Crippen molar-refractivity contribution in [2.45, 2.75) is 38.3 Å². The highest BCUT2D eigenvalue weighted by molar-refractivity contribution is 5.80. The summed E-state index contributed by atoms with van der Waals surface area (Å²) in [5, 5.41) is 3.37. The molecule has 102 valence electrons. The SMILES string of the molecule is CC1NCCC1C(=O)N1CCCC1c1ccncc1. The van der Waals surface area contributed by atoms with Crippen molar-refractivity contribution in [2.75, 3.05) is 13.1 Å². The summed E-state index contributed by atoms with van der Waals surface area (Å²) in [6.45, 7) is 3.98. The van der Waals surface area contributed by atoms with E-state index in [1.165, 1.54) is 5.56 Å². The maximum absolute atomic E-state index is 12.7. The van der Waals surface area contributed by atoms with E-state index in [0.717, 1.165) is 32.4 Å². The van der Waals surface area contributed by atoms with Crippen LogP contribution in [-0.4, -0.2) is 34.9 Å². The normalized spacial score (nSPS) is 30.8. The Balaban J connectivity index is 1.78. The summed E-state index contributed by atoms with van der Waals surface area (Å²) in [4.78, 5) is 18.9. The number of nitrogens with one attached hydrogen (secondary N) is 1. The standard InChI is InChI=1S/C15H21N3O/c1-11-13(6-9-17-11)15(19)18-10-2-3-14(18)12-4-7-16-8-5-12/h4-5,7-8,11,13-14,17H,2-3,6,9-10H2,1H3. The second-order valence-electron chi connectivity index (χ2n) is 5.61. The predicted molar refractivity (Wildman–Crippen MR) is 73.5 cm³/mol. The number of hydrogen-bond donors (Lipinski definition) is 1. The highest BCUT2D eigenvalue weighted by Gasteiger charge is 2.37. The van der Waals surface area contributed by atoms with E-state index < -0.39 is 0 Å². The summed E-state index contributed by atoms with van der Waals surface area (Å²) in [6, 6.07) is 4.63. The first-order chi connectivity index (χ1) is 9.27. The zero-order valence-electron chi connectivity index (χ0n) is 11.4. The Morgan fingerprint density at radius 3 is 2.84 bits per heavy atom. The molecular formula is C15H21N3O. The number of aromatic nitrogens is 1. The molecule has 1 N–H and O–H groups in total. The monoisotopic (exact) mass is 259 g/mol. The number of carbonyl (C=O) groups is 1. The summed E-state index contributed by atoms with van der Waals surface area (Å²) in [7, 11) is 0. The second-order valence-corrected chi connectivity index (χ2v) is 5.61. The van der Waals surface area contributed by atoms with E-state index in [0.29, 0.717) is 11.9 Å². The highest BCUT2D eigenvalue weighted by Crippen LogP contribution is 2.34. The van der Waals surface area contributed by atoms with Gasteiger partial charge in [-0.1, -0.05) is 0 Å². The third kappa shape index (κ3) is 2.37. The van der Waals surface area contributed by atoms with Crippen LogP contribution < -0.4 is 5.32 Å². The molecule has 3 rings (SSSR count). The van der Waals surface area contributed by atoms with Gasteiger partial charge in [0.1, 0.15) is 0 Å². The first kappa shape index (κ1) is 12.6. The van der Waals surface area contributed by atoms with Crippen molar-refractivity contribution in [1.29, 1.82) is 0 Å². The first-order valence-electron chi connectivity index (χ1n) is 7.21. The fourth-order valence-corrected chi connectivity index (χ4v) is 3.37. The molecule has 2 saturated heterocycles. The van der Waals surface area contributed by atoms with Gasteiger partial charge in [0.05, 0.1) is 12.0 Å². The molecule has 3 unspecified atom stereocenters. The third-order valence-corrected chi connectivity index (χ3v) is 4.47. The molecule has 2 fully saturated rings. The minimum absolute atomic E-state index is 0.155. The maximum atomic E-state index is 12.7. The molecule has 4 nitrogen and oxygen atoms in total. The number of rotatable bonds is 2. The Bertz CT molecular complexity index is 448. The van der Waals surface area contributed by atoms with Gasteiger partial charge < -0.3 is 10.2 Å². The van der Waals surface area contributed by atoms with Gasteiger partial charge in [0, 0.05) is 25.0 Å². The Morgan fingerprint density at radius 1 is 1.37 bits per heavy atom. The molecule has 2 aliphatic heterocycles. The molecule has 0 radical (unpaired) electrons. The molecule has 0 aliphatic carbocycles. The zero-order chi connectivity index (χ0) is 13.2. The fourth-order valence-electron chi connectivity index (χ4n) is 3.37. The van der Waals surface area contributed by atoms with E-state index in [9.17, 15) is 4.79 Å². The largest absolute Gasteiger partial charge is 0.335 e. The molecule has 0 saturated carbocycles. The lowest BCUT2D eigenvalue weighted by atomic mass is 9.98. The minimum atomic E-state index is 0.155. The van der Waals surface area contributed by atoms with Gasteiger partial charge in [0.25, 0.3) is 0 Å². The topological polar surface area (TPSA) is 45.2 Å². The van der Waals surface area contributed by atoms with Crippen molar-refractivity contribution < 1.29 is 4.79 Å². The van der Waals surface area contributed by atoms with Crippen LogP contribution in [0.25, 0.3) is 0 Å². The molecule has 2 aliphatic rings. The summed E-state index contributed by atoms with van der Waals surface area (Å²) < 4.78 is 0. The summed E-state index contributed by atoms with van der Waals surface area (Å²) in [6.07, 6.45) is 6.78. The molecule has 1 aromatic heterocycles. The Morgan fingerprint density at radius 2 is 2.16 bits per heavy atom. The molecule has 19 heavy (non-hydrogen) atoms. The molecule has 4 heteroatoms. The van der Waals surface area contributed by atoms with Crippen molar-refractivity contribution in [3.8, 4) is 0 Å². The van der Waals surface area contributed by atoms with E-state index in [1.807, 2.05) is 24.5 Å². The van der Waals surface area contributed by atoms with Gasteiger partial charge in [-0.3, -0.25) is 9.78 Å².